The molecule has 0 unspecified atom stereocenters. The molecule has 0 bridgehead atoms. The lowest BCUT2D eigenvalue weighted by atomic mass is 9.65. The third kappa shape index (κ3) is 1.96. The lowest BCUT2D eigenvalue weighted by Gasteiger charge is -2.38. The van der Waals surface area contributed by atoms with E-state index in [1.165, 1.54) is 0 Å². The van der Waals surface area contributed by atoms with E-state index in [1.54, 1.807) is 6.08 Å². The van der Waals surface area contributed by atoms with Crippen LogP contribution in [-0.2, 0) is 9.59 Å². The standard InChI is InChI=1S/C12H18O4/c1-11(2)8(10(15)16)4-6-12(11,3)7-5-9(13)14/h5,7-8H,4,6H2,1-3H3,(H,13,14)(H,15,16)/b7-5+/t8-,12-/m1/s1. The topological polar surface area (TPSA) is 74.6 Å². The Bertz CT molecular complexity index is 343. The highest BCUT2D eigenvalue weighted by atomic mass is 16.4. The first-order valence-corrected chi connectivity index (χ1v) is 5.36. The number of carboxylic acid groups (broad SMARTS) is 2. The number of carbonyl (C=O) groups is 2. The van der Waals surface area contributed by atoms with Crippen LogP contribution >= 0.6 is 0 Å². The van der Waals surface area contributed by atoms with Gasteiger partial charge < -0.3 is 10.2 Å². The Balaban J connectivity index is 3.00. The van der Waals surface area contributed by atoms with Gasteiger partial charge in [-0.1, -0.05) is 26.8 Å². The molecule has 4 nitrogen and oxygen atoms in total. The maximum absolute atomic E-state index is 11.1. The molecule has 1 aliphatic rings. The Morgan fingerprint density at radius 1 is 1.25 bits per heavy atom. The number of rotatable bonds is 3. The fourth-order valence-corrected chi connectivity index (χ4v) is 2.51. The quantitative estimate of drug-likeness (QED) is 0.723. The van der Waals surface area contributed by atoms with E-state index in [2.05, 4.69) is 0 Å². The van der Waals surface area contributed by atoms with Gasteiger partial charge in [-0.05, 0) is 23.7 Å². The van der Waals surface area contributed by atoms with Gasteiger partial charge >= 0.3 is 11.9 Å². The summed E-state index contributed by atoms with van der Waals surface area (Å²) in [6, 6.07) is 0. The SMILES string of the molecule is CC1(C)[C@@H](C(=O)O)CC[C@]1(C)/C=C/C(=O)O. The molecule has 2 N–H and O–H groups in total. The second-order valence-corrected chi connectivity index (χ2v) is 5.24. The van der Waals surface area contributed by atoms with E-state index in [0.717, 1.165) is 6.08 Å². The summed E-state index contributed by atoms with van der Waals surface area (Å²) in [5.74, 6) is -2.19. The number of hydrogen-bond acceptors (Lipinski definition) is 2. The van der Waals surface area contributed by atoms with E-state index in [0.29, 0.717) is 12.8 Å². The van der Waals surface area contributed by atoms with Crippen molar-refractivity contribution in [2.75, 3.05) is 0 Å². The van der Waals surface area contributed by atoms with E-state index in [9.17, 15) is 9.59 Å². The second-order valence-electron chi connectivity index (χ2n) is 5.24. The summed E-state index contributed by atoms with van der Waals surface area (Å²) in [6.45, 7) is 5.71. The van der Waals surface area contributed by atoms with E-state index in [1.807, 2.05) is 20.8 Å². The van der Waals surface area contributed by atoms with Crippen molar-refractivity contribution >= 4 is 11.9 Å². The van der Waals surface area contributed by atoms with Crippen LogP contribution in [0.2, 0.25) is 0 Å². The Morgan fingerprint density at radius 2 is 1.81 bits per heavy atom. The lowest BCUT2D eigenvalue weighted by molar-refractivity contribution is -0.145. The summed E-state index contributed by atoms with van der Waals surface area (Å²) >= 11 is 0. The van der Waals surface area contributed by atoms with Crippen LogP contribution in [0.15, 0.2) is 12.2 Å². The summed E-state index contributed by atoms with van der Waals surface area (Å²) in [5.41, 5.74) is -0.792. The molecule has 0 aromatic heterocycles. The van der Waals surface area contributed by atoms with E-state index < -0.39 is 23.3 Å². The summed E-state index contributed by atoms with van der Waals surface area (Å²) in [5, 5.41) is 17.7. The van der Waals surface area contributed by atoms with E-state index >= 15 is 0 Å². The van der Waals surface area contributed by atoms with Gasteiger partial charge in [-0.15, -0.1) is 0 Å². The Morgan fingerprint density at radius 3 is 2.19 bits per heavy atom. The Labute approximate surface area is 95.0 Å². The molecule has 4 heteroatoms. The van der Waals surface area contributed by atoms with Gasteiger partial charge in [0.2, 0.25) is 0 Å². The van der Waals surface area contributed by atoms with Gasteiger partial charge in [-0.2, -0.15) is 0 Å². The van der Waals surface area contributed by atoms with Crippen molar-refractivity contribution in [2.24, 2.45) is 16.7 Å². The largest absolute Gasteiger partial charge is 0.481 e. The molecule has 0 aliphatic heterocycles. The summed E-state index contributed by atoms with van der Waals surface area (Å²) < 4.78 is 0. The van der Waals surface area contributed by atoms with Crippen LogP contribution in [0.1, 0.15) is 33.6 Å². The van der Waals surface area contributed by atoms with Crippen molar-refractivity contribution in [3.05, 3.63) is 12.2 Å². The summed E-state index contributed by atoms with van der Waals surface area (Å²) in [4.78, 5) is 21.6. The first-order valence-electron chi connectivity index (χ1n) is 5.36. The van der Waals surface area contributed by atoms with Crippen LogP contribution in [0.25, 0.3) is 0 Å². The molecule has 0 radical (unpaired) electrons. The monoisotopic (exact) mass is 226 g/mol. The van der Waals surface area contributed by atoms with Crippen molar-refractivity contribution in [2.45, 2.75) is 33.6 Å². The minimum Gasteiger partial charge on any atom is -0.481 e. The van der Waals surface area contributed by atoms with Gasteiger partial charge in [0.15, 0.2) is 0 Å². The number of carboxylic acids is 2. The van der Waals surface area contributed by atoms with Gasteiger partial charge in [-0.3, -0.25) is 4.79 Å². The van der Waals surface area contributed by atoms with Crippen LogP contribution in [0.4, 0.5) is 0 Å². The first kappa shape index (κ1) is 12.7. The van der Waals surface area contributed by atoms with Gasteiger partial charge in [-0.25, -0.2) is 4.79 Å². The molecule has 0 spiro atoms. The van der Waals surface area contributed by atoms with Crippen LogP contribution in [0.3, 0.4) is 0 Å². The minimum atomic E-state index is -0.990. The highest BCUT2D eigenvalue weighted by Crippen LogP contribution is 2.56. The van der Waals surface area contributed by atoms with Gasteiger partial charge in [0.05, 0.1) is 5.92 Å². The normalized spacial score (nSPS) is 33.1. The maximum atomic E-state index is 11.1. The van der Waals surface area contributed by atoms with Gasteiger partial charge in [0, 0.05) is 6.08 Å². The van der Waals surface area contributed by atoms with Crippen LogP contribution in [-0.4, -0.2) is 22.2 Å². The molecule has 0 saturated heterocycles. The Hall–Kier alpha value is -1.32. The van der Waals surface area contributed by atoms with Crippen LogP contribution in [0, 0.1) is 16.7 Å². The van der Waals surface area contributed by atoms with E-state index in [-0.39, 0.29) is 5.41 Å². The van der Waals surface area contributed by atoms with Gasteiger partial charge in [0.25, 0.3) is 0 Å². The van der Waals surface area contributed by atoms with E-state index in [4.69, 9.17) is 10.2 Å². The molecule has 0 aromatic rings. The highest BCUT2D eigenvalue weighted by molar-refractivity contribution is 5.80. The number of allylic oxidation sites excluding steroid dienone is 1. The fourth-order valence-electron chi connectivity index (χ4n) is 2.51. The average Bonchev–Trinajstić information content (AvgIpc) is 2.36. The average molecular weight is 226 g/mol. The van der Waals surface area contributed by atoms with Crippen molar-refractivity contribution in [1.29, 1.82) is 0 Å². The Kier molecular flexibility index (Phi) is 3.13. The van der Waals surface area contributed by atoms with Crippen molar-refractivity contribution < 1.29 is 19.8 Å². The molecular formula is C12H18O4. The zero-order chi connectivity index (χ0) is 12.6. The van der Waals surface area contributed by atoms with Gasteiger partial charge in [0.1, 0.15) is 0 Å². The molecular weight excluding hydrogens is 208 g/mol. The fraction of sp³-hybridized carbons (Fsp3) is 0.667. The number of aliphatic carboxylic acids is 2. The molecule has 1 saturated carbocycles. The maximum Gasteiger partial charge on any atom is 0.327 e. The molecule has 2 atom stereocenters. The van der Waals surface area contributed by atoms with Crippen LogP contribution in [0.5, 0.6) is 0 Å². The molecule has 0 aromatic carbocycles. The smallest absolute Gasteiger partial charge is 0.327 e. The summed E-state index contributed by atoms with van der Waals surface area (Å²) in [7, 11) is 0. The number of hydrogen-bond donors (Lipinski definition) is 2. The predicted molar refractivity (Wildman–Crippen MR) is 59.0 cm³/mol. The zero-order valence-electron chi connectivity index (χ0n) is 9.86. The molecule has 0 amide bonds. The molecule has 1 fully saturated rings. The molecule has 90 valence electrons. The lowest BCUT2D eigenvalue weighted by Crippen LogP contribution is -2.36. The third-order valence-corrected chi connectivity index (χ3v) is 4.19. The zero-order valence-corrected chi connectivity index (χ0v) is 9.86. The third-order valence-electron chi connectivity index (χ3n) is 4.19. The van der Waals surface area contributed by atoms with Crippen molar-refractivity contribution in [3.8, 4) is 0 Å². The molecule has 1 aliphatic carbocycles. The first-order chi connectivity index (χ1) is 7.21. The predicted octanol–water partition coefficient (Wildman–Crippen LogP) is 2.15. The molecule has 1 rings (SSSR count). The summed E-state index contributed by atoms with van der Waals surface area (Å²) in [6.07, 6.45) is 4.06. The second kappa shape index (κ2) is 3.92. The highest BCUT2D eigenvalue weighted by Gasteiger charge is 2.52. The molecule has 16 heavy (non-hydrogen) atoms. The molecule has 0 heterocycles. The minimum absolute atomic E-state index is 0.367. The van der Waals surface area contributed by atoms with Crippen molar-refractivity contribution in [1.82, 2.24) is 0 Å². The van der Waals surface area contributed by atoms with Crippen LogP contribution < -0.4 is 0 Å². The van der Waals surface area contributed by atoms with Crippen molar-refractivity contribution in [3.63, 3.8) is 0 Å².